The number of hydrogen-bond acceptors (Lipinski definition) is 2. The molecule has 0 heterocycles. The number of rotatable bonds is 4. The Morgan fingerprint density at radius 3 is 2.14 bits per heavy atom. The summed E-state index contributed by atoms with van der Waals surface area (Å²) in [4.78, 5) is 22.9. The van der Waals surface area contributed by atoms with Gasteiger partial charge in [-0.25, -0.2) is 4.79 Å². The Hall–Kier alpha value is -1.46. The van der Waals surface area contributed by atoms with Gasteiger partial charge in [0.25, 0.3) is 0 Å². The third-order valence-corrected chi connectivity index (χ3v) is 3.29. The molecule has 0 saturated heterocycles. The second-order valence-electron chi connectivity index (χ2n) is 5.77. The summed E-state index contributed by atoms with van der Waals surface area (Å²) >= 11 is 11.7. The number of nitrogens with one attached hydrogen (secondary N) is 2. The summed E-state index contributed by atoms with van der Waals surface area (Å²) in [6.45, 7) is 5.57. The van der Waals surface area contributed by atoms with Gasteiger partial charge in [0.15, 0.2) is 0 Å². The van der Waals surface area contributed by atoms with E-state index in [1.807, 2.05) is 20.8 Å². The second-order valence-corrected chi connectivity index (χ2v) is 6.65. The first-order valence-corrected chi connectivity index (χ1v) is 7.09. The van der Waals surface area contributed by atoms with Crippen molar-refractivity contribution in [2.75, 3.05) is 5.32 Å². The van der Waals surface area contributed by atoms with Crippen molar-refractivity contribution in [1.82, 2.24) is 5.32 Å². The first-order chi connectivity index (χ1) is 9.57. The molecule has 0 fully saturated rings. The highest BCUT2D eigenvalue weighted by Gasteiger charge is 2.28. The Balaban J connectivity index is 2.76. The van der Waals surface area contributed by atoms with Gasteiger partial charge in [-0.1, -0.05) is 44.0 Å². The van der Waals surface area contributed by atoms with Crippen LogP contribution in [0.2, 0.25) is 10.0 Å². The number of amides is 2. The number of aliphatic carboxylic acids is 1. The molecule has 116 valence electrons. The van der Waals surface area contributed by atoms with Crippen LogP contribution in [0.4, 0.5) is 10.5 Å². The lowest BCUT2D eigenvalue weighted by molar-refractivity contribution is -0.138. The number of hydrogen-bond donors (Lipinski definition) is 3. The highest BCUT2D eigenvalue weighted by molar-refractivity contribution is 6.35. The lowest BCUT2D eigenvalue weighted by atomic mass is 9.85. The zero-order valence-corrected chi connectivity index (χ0v) is 13.5. The first kappa shape index (κ1) is 17.6. The molecule has 1 aromatic carbocycles. The van der Waals surface area contributed by atoms with E-state index in [9.17, 15) is 9.59 Å². The first-order valence-electron chi connectivity index (χ1n) is 6.33. The number of carboxylic acid groups (broad SMARTS) is 1. The van der Waals surface area contributed by atoms with Crippen LogP contribution in [0.15, 0.2) is 18.2 Å². The molecule has 1 aromatic rings. The van der Waals surface area contributed by atoms with Crippen LogP contribution in [0.3, 0.4) is 0 Å². The van der Waals surface area contributed by atoms with Crippen molar-refractivity contribution >= 4 is 40.9 Å². The van der Waals surface area contributed by atoms with Gasteiger partial charge >= 0.3 is 12.0 Å². The minimum Gasteiger partial charge on any atom is -0.481 e. The van der Waals surface area contributed by atoms with Gasteiger partial charge in [-0.15, -0.1) is 0 Å². The molecule has 0 radical (unpaired) electrons. The molecule has 21 heavy (non-hydrogen) atoms. The number of carbonyl (C=O) groups excluding carboxylic acids is 1. The van der Waals surface area contributed by atoms with E-state index in [-0.39, 0.29) is 11.8 Å². The van der Waals surface area contributed by atoms with Gasteiger partial charge in [0, 0.05) is 21.8 Å². The Kier molecular flexibility index (Phi) is 5.87. The summed E-state index contributed by atoms with van der Waals surface area (Å²) in [5, 5.41) is 15.0. The molecule has 0 spiro atoms. The fraction of sp³-hybridized carbons (Fsp3) is 0.429. The van der Waals surface area contributed by atoms with Gasteiger partial charge in [0.05, 0.1) is 6.42 Å². The standard InChI is InChI=1S/C14H18Cl2N2O3/c1-14(2,3)11(7-12(19)20)18-13(21)17-10-5-8(15)4-9(16)6-10/h4-6,11H,7H2,1-3H3,(H,19,20)(H2,17,18,21). The molecule has 7 heteroatoms. The molecule has 0 aliphatic rings. The molecular formula is C14H18Cl2N2O3. The fourth-order valence-electron chi connectivity index (χ4n) is 1.70. The lowest BCUT2D eigenvalue weighted by Gasteiger charge is -2.30. The van der Waals surface area contributed by atoms with Crippen molar-refractivity contribution in [2.24, 2.45) is 5.41 Å². The Morgan fingerprint density at radius 2 is 1.71 bits per heavy atom. The Bertz CT molecular complexity index is 521. The van der Waals surface area contributed by atoms with Crippen LogP contribution >= 0.6 is 23.2 Å². The van der Waals surface area contributed by atoms with Crippen LogP contribution in [0.5, 0.6) is 0 Å². The number of halogens is 2. The van der Waals surface area contributed by atoms with Gasteiger partial charge in [0.1, 0.15) is 0 Å². The summed E-state index contributed by atoms with van der Waals surface area (Å²) in [7, 11) is 0. The molecule has 2 amide bonds. The SMILES string of the molecule is CC(C)(C)C(CC(=O)O)NC(=O)Nc1cc(Cl)cc(Cl)c1. The van der Waals surface area contributed by atoms with Gasteiger partial charge in [-0.05, 0) is 23.6 Å². The summed E-state index contributed by atoms with van der Waals surface area (Å²) in [6, 6.07) is 3.64. The van der Waals surface area contributed by atoms with Crippen LogP contribution in [0.1, 0.15) is 27.2 Å². The maximum absolute atomic E-state index is 12.0. The van der Waals surface area contributed by atoms with E-state index in [2.05, 4.69) is 10.6 Å². The molecule has 1 unspecified atom stereocenters. The minimum atomic E-state index is -0.971. The molecule has 5 nitrogen and oxygen atoms in total. The van der Waals surface area contributed by atoms with Crippen molar-refractivity contribution in [3.05, 3.63) is 28.2 Å². The van der Waals surface area contributed by atoms with E-state index >= 15 is 0 Å². The van der Waals surface area contributed by atoms with Gasteiger partial charge in [0.2, 0.25) is 0 Å². The largest absolute Gasteiger partial charge is 0.481 e. The van der Waals surface area contributed by atoms with E-state index < -0.39 is 18.0 Å². The number of urea groups is 1. The summed E-state index contributed by atoms with van der Waals surface area (Å²) < 4.78 is 0. The van der Waals surface area contributed by atoms with Crippen molar-refractivity contribution in [1.29, 1.82) is 0 Å². The quantitative estimate of drug-likeness (QED) is 0.779. The Morgan fingerprint density at radius 1 is 1.19 bits per heavy atom. The molecule has 1 rings (SSSR count). The predicted octanol–water partition coefficient (Wildman–Crippen LogP) is 4.00. The Labute approximate surface area is 133 Å². The highest BCUT2D eigenvalue weighted by atomic mass is 35.5. The van der Waals surface area contributed by atoms with Crippen molar-refractivity contribution in [2.45, 2.75) is 33.2 Å². The van der Waals surface area contributed by atoms with E-state index in [1.54, 1.807) is 18.2 Å². The highest BCUT2D eigenvalue weighted by Crippen LogP contribution is 2.24. The van der Waals surface area contributed by atoms with E-state index in [1.165, 1.54) is 0 Å². The van der Waals surface area contributed by atoms with Crippen LogP contribution in [0, 0.1) is 5.41 Å². The third kappa shape index (κ3) is 6.23. The van der Waals surface area contributed by atoms with Crippen LogP contribution in [-0.4, -0.2) is 23.1 Å². The second kappa shape index (κ2) is 7.00. The topological polar surface area (TPSA) is 78.4 Å². The lowest BCUT2D eigenvalue weighted by Crippen LogP contribution is -2.46. The maximum Gasteiger partial charge on any atom is 0.319 e. The average molecular weight is 333 g/mol. The van der Waals surface area contributed by atoms with Crippen LogP contribution < -0.4 is 10.6 Å². The number of carbonyl (C=O) groups is 2. The molecule has 0 saturated carbocycles. The van der Waals surface area contributed by atoms with Gasteiger partial charge in [-0.3, -0.25) is 4.79 Å². The van der Waals surface area contributed by atoms with Crippen LogP contribution in [-0.2, 0) is 4.79 Å². The normalized spacial score (nSPS) is 12.6. The summed E-state index contributed by atoms with van der Waals surface area (Å²) in [6.07, 6.45) is -0.160. The minimum absolute atomic E-state index is 0.160. The maximum atomic E-state index is 12.0. The number of carboxylic acids is 1. The van der Waals surface area contributed by atoms with Crippen LogP contribution in [0.25, 0.3) is 0 Å². The smallest absolute Gasteiger partial charge is 0.319 e. The van der Waals surface area contributed by atoms with Crippen molar-refractivity contribution in [3.63, 3.8) is 0 Å². The average Bonchev–Trinajstić information content (AvgIpc) is 2.24. The van der Waals surface area contributed by atoms with E-state index in [4.69, 9.17) is 28.3 Å². The fourth-order valence-corrected chi connectivity index (χ4v) is 2.23. The predicted molar refractivity (Wildman–Crippen MR) is 84.1 cm³/mol. The summed E-state index contributed by atoms with van der Waals surface area (Å²) in [5.41, 5.74) is 0.0508. The molecule has 0 aliphatic carbocycles. The molecule has 3 N–H and O–H groups in total. The number of benzene rings is 1. The van der Waals surface area contributed by atoms with Gasteiger partial charge in [-0.2, -0.15) is 0 Å². The van der Waals surface area contributed by atoms with E-state index in [0.717, 1.165) is 0 Å². The monoisotopic (exact) mass is 332 g/mol. The molecule has 1 atom stereocenters. The number of anilines is 1. The zero-order valence-electron chi connectivity index (χ0n) is 12.0. The zero-order chi connectivity index (χ0) is 16.2. The molecule has 0 aromatic heterocycles. The van der Waals surface area contributed by atoms with Gasteiger partial charge < -0.3 is 15.7 Å². The molecule has 0 bridgehead atoms. The summed E-state index contributed by atoms with van der Waals surface area (Å²) in [5.74, 6) is -0.971. The van der Waals surface area contributed by atoms with E-state index in [0.29, 0.717) is 15.7 Å². The molecular weight excluding hydrogens is 315 g/mol. The third-order valence-electron chi connectivity index (χ3n) is 2.85. The molecule has 0 aliphatic heterocycles. The van der Waals surface area contributed by atoms with Crippen molar-refractivity contribution in [3.8, 4) is 0 Å². The van der Waals surface area contributed by atoms with Crippen molar-refractivity contribution < 1.29 is 14.7 Å².